The Labute approximate surface area is 132 Å². The third-order valence-corrected chi connectivity index (χ3v) is 5.34. The SMILES string of the molecule is CCCNCC(C)(Cc1c(Br)c(CC)nn1C)C(C)C. The number of aryl methyl sites for hydroxylation is 2. The van der Waals surface area contributed by atoms with Crippen molar-refractivity contribution in [2.45, 2.75) is 53.9 Å². The van der Waals surface area contributed by atoms with Gasteiger partial charge in [-0.2, -0.15) is 5.10 Å². The molecule has 0 amide bonds. The summed E-state index contributed by atoms with van der Waals surface area (Å²) in [5, 5.41) is 8.21. The van der Waals surface area contributed by atoms with E-state index in [9.17, 15) is 0 Å². The van der Waals surface area contributed by atoms with Crippen LogP contribution in [0.1, 0.15) is 52.4 Å². The Morgan fingerprint density at radius 1 is 1.35 bits per heavy atom. The summed E-state index contributed by atoms with van der Waals surface area (Å²) in [5.74, 6) is 0.624. The minimum absolute atomic E-state index is 0.247. The van der Waals surface area contributed by atoms with Gasteiger partial charge in [0, 0.05) is 13.6 Å². The molecule has 116 valence electrons. The van der Waals surface area contributed by atoms with Crippen molar-refractivity contribution in [1.29, 1.82) is 0 Å². The van der Waals surface area contributed by atoms with Crippen LogP contribution in [0.15, 0.2) is 4.47 Å². The Bertz CT molecular complexity index is 426. The van der Waals surface area contributed by atoms with E-state index >= 15 is 0 Å². The molecule has 0 aliphatic rings. The highest BCUT2D eigenvalue weighted by Crippen LogP contribution is 2.34. The summed E-state index contributed by atoms with van der Waals surface area (Å²) in [6, 6.07) is 0. The number of hydrogen-bond donors (Lipinski definition) is 1. The molecule has 0 fully saturated rings. The second-order valence-electron chi connectivity index (χ2n) is 6.35. The maximum Gasteiger partial charge on any atom is 0.0766 e. The molecule has 0 saturated carbocycles. The fraction of sp³-hybridized carbons (Fsp3) is 0.812. The first-order valence-corrected chi connectivity index (χ1v) is 8.56. The lowest BCUT2D eigenvalue weighted by Crippen LogP contribution is -2.38. The van der Waals surface area contributed by atoms with Crippen LogP contribution < -0.4 is 5.32 Å². The Morgan fingerprint density at radius 3 is 2.45 bits per heavy atom. The van der Waals surface area contributed by atoms with Gasteiger partial charge in [0.25, 0.3) is 0 Å². The van der Waals surface area contributed by atoms with Crippen LogP contribution in [0, 0.1) is 11.3 Å². The molecular weight excluding hydrogens is 314 g/mol. The summed E-state index contributed by atoms with van der Waals surface area (Å²) in [5.41, 5.74) is 2.72. The predicted molar refractivity (Wildman–Crippen MR) is 90.1 cm³/mol. The average molecular weight is 344 g/mol. The van der Waals surface area contributed by atoms with Gasteiger partial charge in [-0.25, -0.2) is 0 Å². The summed E-state index contributed by atoms with van der Waals surface area (Å²) < 4.78 is 3.24. The van der Waals surface area contributed by atoms with Gasteiger partial charge in [0.1, 0.15) is 0 Å². The van der Waals surface area contributed by atoms with Crippen molar-refractivity contribution in [3.63, 3.8) is 0 Å². The lowest BCUT2D eigenvalue weighted by atomic mass is 9.75. The van der Waals surface area contributed by atoms with E-state index in [0.717, 1.165) is 31.6 Å². The number of rotatable bonds is 8. The number of halogens is 1. The van der Waals surface area contributed by atoms with Gasteiger partial charge in [-0.3, -0.25) is 4.68 Å². The van der Waals surface area contributed by atoms with Crippen LogP contribution >= 0.6 is 15.9 Å². The second-order valence-corrected chi connectivity index (χ2v) is 7.14. The van der Waals surface area contributed by atoms with Gasteiger partial charge in [-0.15, -0.1) is 0 Å². The molecule has 0 aliphatic heterocycles. The quantitative estimate of drug-likeness (QED) is 0.724. The van der Waals surface area contributed by atoms with E-state index in [1.807, 2.05) is 4.68 Å². The lowest BCUT2D eigenvalue weighted by molar-refractivity contribution is 0.203. The van der Waals surface area contributed by atoms with Gasteiger partial charge in [0.2, 0.25) is 0 Å². The summed E-state index contributed by atoms with van der Waals surface area (Å²) in [6.45, 7) is 13.5. The first-order valence-electron chi connectivity index (χ1n) is 7.76. The fourth-order valence-corrected chi connectivity index (χ4v) is 3.17. The van der Waals surface area contributed by atoms with E-state index in [-0.39, 0.29) is 5.41 Å². The largest absolute Gasteiger partial charge is 0.316 e. The number of nitrogens with one attached hydrogen (secondary N) is 1. The predicted octanol–water partition coefficient (Wildman–Crippen LogP) is 3.95. The van der Waals surface area contributed by atoms with E-state index in [2.05, 4.69) is 68.0 Å². The second kappa shape index (κ2) is 7.60. The molecule has 1 heterocycles. The molecule has 1 unspecified atom stereocenters. The van der Waals surface area contributed by atoms with Crippen LogP contribution in [0.5, 0.6) is 0 Å². The number of nitrogens with zero attached hydrogens (tertiary/aromatic N) is 2. The highest BCUT2D eigenvalue weighted by atomic mass is 79.9. The molecule has 1 rings (SSSR count). The van der Waals surface area contributed by atoms with Crippen molar-refractivity contribution in [3.05, 3.63) is 15.9 Å². The molecule has 1 aromatic heterocycles. The zero-order valence-corrected chi connectivity index (χ0v) is 15.5. The molecule has 0 aromatic carbocycles. The van der Waals surface area contributed by atoms with Crippen molar-refractivity contribution in [1.82, 2.24) is 15.1 Å². The van der Waals surface area contributed by atoms with E-state index in [4.69, 9.17) is 0 Å². The monoisotopic (exact) mass is 343 g/mol. The van der Waals surface area contributed by atoms with Gasteiger partial charge in [0.15, 0.2) is 0 Å². The summed E-state index contributed by atoms with van der Waals surface area (Å²) in [7, 11) is 2.06. The van der Waals surface area contributed by atoms with Crippen molar-refractivity contribution in [3.8, 4) is 0 Å². The van der Waals surface area contributed by atoms with Gasteiger partial charge in [0.05, 0.1) is 15.9 Å². The first kappa shape index (κ1) is 17.7. The van der Waals surface area contributed by atoms with Crippen molar-refractivity contribution >= 4 is 15.9 Å². The molecule has 1 N–H and O–H groups in total. The van der Waals surface area contributed by atoms with Crippen LogP contribution in [0.3, 0.4) is 0 Å². The van der Waals surface area contributed by atoms with E-state index in [0.29, 0.717) is 5.92 Å². The average Bonchev–Trinajstić information content (AvgIpc) is 2.66. The van der Waals surface area contributed by atoms with Crippen molar-refractivity contribution < 1.29 is 0 Å². The third-order valence-electron chi connectivity index (χ3n) is 4.42. The number of aromatic nitrogens is 2. The Hall–Kier alpha value is -0.350. The molecule has 0 spiro atoms. The molecule has 0 aliphatic carbocycles. The smallest absolute Gasteiger partial charge is 0.0766 e. The standard InChI is InChI=1S/C16H30BrN3/c1-7-9-18-11-16(5,12(3)4)10-14-15(17)13(8-2)19-20(14)6/h12,18H,7-11H2,1-6H3. The van der Waals surface area contributed by atoms with Crippen LogP contribution in [0.2, 0.25) is 0 Å². The zero-order valence-electron chi connectivity index (χ0n) is 13.9. The minimum Gasteiger partial charge on any atom is -0.316 e. The highest BCUT2D eigenvalue weighted by Gasteiger charge is 2.31. The number of hydrogen-bond acceptors (Lipinski definition) is 2. The van der Waals surface area contributed by atoms with Crippen LogP contribution in [-0.2, 0) is 19.9 Å². The van der Waals surface area contributed by atoms with Gasteiger partial charge < -0.3 is 5.32 Å². The van der Waals surface area contributed by atoms with Crippen LogP contribution in [0.4, 0.5) is 0 Å². The summed E-state index contributed by atoms with van der Waals surface area (Å²) >= 11 is 3.74. The van der Waals surface area contributed by atoms with E-state index < -0.39 is 0 Å². The molecule has 1 atom stereocenters. The highest BCUT2D eigenvalue weighted by molar-refractivity contribution is 9.10. The third kappa shape index (κ3) is 4.08. The molecule has 0 bridgehead atoms. The van der Waals surface area contributed by atoms with Gasteiger partial charge in [-0.1, -0.05) is 34.6 Å². The minimum atomic E-state index is 0.247. The molecule has 20 heavy (non-hydrogen) atoms. The van der Waals surface area contributed by atoms with Crippen molar-refractivity contribution in [2.75, 3.05) is 13.1 Å². The Morgan fingerprint density at radius 2 is 2.00 bits per heavy atom. The van der Waals surface area contributed by atoms with Crippen LogP contribution in [0.25, 0.3) is 0 Å². The maximum atomic E-state index is 4.62. The Balaban J connectivity index is 2.93. The molecule has 0 radical (unpaired) electrons. The van der Waals surface area contributed by atoms with Crippen LogP contribution in [-0.4, -0.2) is 22.9 Å². The maximum absolute atomic E-state index is 4.62. The molecule has 1 aromatic rings. The summed E-state index contributed by atoms with van der Waals surface area (Å²) in [4.78, 5) is 0. The molecule has 4 heteroatoms. The molecular formula is C16H30BrN3. The van der Waals surface area contributed by atoms with Gasteiger partial charge >= 0.3 is 0 Å². The topological polar surface area (TPSA) is 29.9 Å². The normalized spacial score (nSPS) is 14.8. The van der Waals surface area contributed by atoms with E-state index in [1.54, 1.807) is 0 Å². The van der Waals surface area contributed by atoms with Crippen molar-refractivity contribution in [2.24, 2.45) is 18.4 Å². The molecule has 3 nitrogen and oxygen atoms in total. The fourth-order valence-electron chi connectivity index (χ4n) is 2.42. The first-order chi connectivity index (χ1) is 9.35. The Kier molecular flexibility index (Phi) is 6.73. The summed E-state index contributed by atoms with van der Waals surface area (Å²) in [6.07, 6.45) is 3.20. The molecule has 0 saturated heterocycles. The van der Waals surface area contributed by atoms with Gasteiger partial charge in [-0.05, 0) is 53.1 Å². The lowest BCUT2D eigenvalue weighted by Gasteiger charge is -2.34. The van der Waals surface area contributed by atoms with E-state index in [1.165, 1.54) is 16.6 Å². The zero-order chi connectivity index (χ0) is 15.3.